The Bertz CT molecular complexity index is 651. The molecule has 0 aliphatic heterocycles. The smallest absolute Gasteiger partial charge is 0.311 e. The van der Waals surface area contributed by atoms with E-state index in [1.807, 2.05) is 13.8 Å². The van der Waals surface area contributed by atoms with Crippen LogP contribution in [0.3, 0.4) is 0 Å². The lowest BCUT2D eigenvalue weighted by molar-refractivity contribution is -0.150. The van der Waals surface area contributed by atoms with E-state index >= 15 is 0 Å². The van der Waals surface area contributed by atoms with Crippen LogP contribution in [0.1, 0.15) is 26.7 Å². The van der Waals surface area contributed by atoms with Gasteiger partial charge in [-0.2, -0.15) is 0 Å². The topological polar surface area (TPSA) is 80.9 Å². The summed E-state index contributed by atoms with van der Waals surface area (Å²) in [7, 11) is 0. The molecule has 0 amide bonds. The molecule has 21 heavy (non-hydrogen) atoms. The van der Waals surface area contributed by atoms with Gasteiger partial charge in [-0.05, 0) is 29.3 Å². The number of carboxylic acid groups (broad SMARTS) is 1. The maximum atomic E-state index is 11.6. The largest absolute Gasteiger partial charge is 0.481 e. The fourth-order valence-electron chi connectivity index (χ4n) is 2.13. The molecule has 9 heteroatoms. The number of halogens is 2. The van der Waals surface area contributed by atoms with Crippen molar-refractivity contribution in [1.82, 2.24) is 20.2 Å². The van der Waals surface area contributed by atoms with Gasteiger partial charge in [0.25, 0.3) is 0 Å². The lowest BCUT2D eigenvalue weighted by Crippen LogP contribution is -2.35. The molecule has 0 fully saturated rings. The standard InChI is InChI=1S/C12H14Cl2N4O2S/c1-3-12(4-2,11(19)20)6-18-10(15-16-17-18)7-5-8(13)21-9(7)14/h5H,3-4,6H2,1-2H3,(H,19,20). The first-order chi connectivity index (χ1) is 9.93. The molecule has 0 bridgehead atoms. The zero-order valence-electron chi connectivity index (χ0n) is 11.5. The molecular weight excluding hydrogens is 335 g/mol. The number of carboxylic acids is 1. The number of aromatic nitrogens is 4. The SMILES string of the molecule is CCC(CC)(Cn1nnnc1-c1cc(Cl)sc1Cl)C(=O)O. The monoisotopic (exact) mass is 348 g/mol. The fourth-order valence-corrected chi connectivity index (χ4v) is 3.58. The highest BCUT2D eigenvalue weighted by Crippen LogP contribution is 2.38. The van der Waals surface area contributed by atoms with Crippen LogP contribution in [-0.4, -0.2) is 31.3 Å². The second-order valence-corrected chi connectivity index (χ2v) is 6.98. The Labute approximate surface area is 135 Å². The molecule has 2 rings (SSSR count). The molecular formula is C12H14Cl2N4O2S. The van der Waals surface area contributed by atoms with Crippen molar-refractivity contribution in [2.45, 2.75) is 33.2 Å². The van der Waals surface area contributed by atoms with Crippen LogP contribution in [0.2, 0.25) is 8.67 Å². The van der Waals surface area contributed by atoms with E-state index in [0.29, 0.717) is 32.9 Å². The Balaban J connectivity index is 2.41. The Morgan fingerprint density at radius 3 is 2.57 bits per heavy atom. The van der Waals surface area contributed by atoms with Gasteiger partial charge < -0.3 is 5.11 Å². The van der Waals surface area contributed by atoms with Crippen molar-refractivity contribution in [2.75, 3.05) is 0 Å². The Kier molecular flexibility index (Phi) is 4.85. The van der Waals surface area contributed by atoms with E-state index in [0.717, 1.165) is 0 Å². The van der Waals surface area contributed by atoms with Gasteiger partial charge >= 0.3 is 5.97 Å². The van der Waals surface area contributed by atoms with E-state index in [-0.39, 0.29) is 6.54 Å². The van der Waals surface area contributed by atoms with Crippen molar-refractivity contribution < 1.29 is 9.90 Å². The molecule has 0 unspecified atom stereocenters. The van der Waals surface area contributed by atoms with Crippen LogP contribution in [0.25, 0.3) is 11.4 Å². The van der Waals surface area contributed by atoms with Gasteiger partial charge in [-0.3, -0.25) is 4.79 Å². The predicted molar refractivity (Wildman–Crippen MR) is 81.8 cm³/mol. The Morgan fingerprint density at radius 2 is 2.10 bits per heavy atom. The third kappa shape index (κ3) is 3.04. The number of rotatable bonds is 6. The van der Waals surface area contributed by atoms with E-state index < -0.39 is 11.4 Å². The van der Waals surface area contributed by atoms with E-state index in [1.54, 1.807) is 6.07 Å². The zero-order chi connectivity index (χ0) is 15.6. The zero-order valence-corrected chi connectivity index (χ0v) is 13.8. The number of hydrogen-bond acceptors (Lipinski definition) is 5. The molecule has 0 aliphatic rings. The van der Waals surface area contributed by atoms with Gasteiger partial charge in [0, 0.05) is 0 Å². The number of carbonyl (C=O) groups is 1. The quantitative estimate of drug-likeness (QED) is 0.862. The molecule has 2 heterocycles. The van der Waals surface area contributed by atoms with E-state index in [4.69, 9.17) is 23.2 Å². The number of thiophene rings is 1. The molecule has 0 aliphatic carbocycles. The summed E-state index contributed by atoms with van der Waals surface area (Å²) in [5.74, 6) is -0.431. The first kappa shape index (κ1) is 16.2. The third-order valence-electron chi connectivity index (χ3n) is 3.69. The summed E-state index contributed by atoms with van der Waals surface area (Å²) < 4.78 is 2.48. The van der Waals surface area contributed by atoms with Gasteiger partial charge in [0.05, 0.1) is 21.9 Å². The molecule has 2 aromatic heterocycles. The van der Waals surface area contributed by atoms with E-state index in [9.17, 15) is 9.90 Å². The summed E-state index contributed by atoms with van der Waals surface area (Å²) >= 11 is 13.3. The second-order valence-electron chi connectivity index (χ2n) is 4.69. The number of aliphatic carboxylic acids is 1. The normalized spacial score (nSPS) is 11.8. The summed E-state index contributed by atoms with van der Waals surface area (Å²) in [5.41, 5.74) is -0.292. The summed E-state index contributed by atoms with van der Waals surface area (Å²) in [6.07, 6.45) is 0.965. The van der Waals surface area contributed by atoms with Crippen molar-refractivity contribution >= 4 is 40.5 Å². The minimum atomic E-state index is -0.906. The molecule has 0 radical (unpaired) electrons. The molecule has 0 saturated carbocycles. The molecule has 2 aromatic rings. The Hall–Kier alpha value is -1.18. The van der Waals surface area contributed by atoms with Gasteiger partial charge in [0.15, 0.2) is 5.82 Å². The lowest BCUT2D eigenvalue weighted by Gasteiger charge is -2.26. The average Bonchev–Trinajstić information content (AvgIpc) is 3.01. The molecule has 0 aromatic carbocycles. The summed E-state index contributed by atoms with van der Waals surface area (Å²) in [6, 6.07) is 1.68. The van der Waals surface area contributed by atoms with Crippen molar-refractivity contribution in [3.63, 3.8) is 0 Å². The van der Waals surface area contributed by atoms with Crippen molar-refractivity contribution in [3.8, 4) is 11.4 Å². The first-order valence-electron chi connectivity index (χ1n) is 6.38. The van der Waals surface area contributed by atoms with E-state index in [2.05, 4.69) is 15.5 Å². The lowest BCUT2D eigenvalue weighted by atomic mass is 9.82. The average molecular weight is 349 g/mol. The highest BCUT2D eigenvalue weighted by molar-refractivity contribution is 7.20. The molecule has 1 N–H and O–H groups in total. The highest BCUT2D eigenvalue weighted by atomic mass is 35.5. The fraction of sp³-hybridized carbons (Fsp3) is 0.500. The molecule has 114 valence electrons. The second kappa shape index (κ2) is 6.29. The van der Waals surface area contributed by atoms with Crippen LogP contribution in [0.5, 0.6) is 0 Å². The summed E-state index contributed by atoms with van der Waals surface area (Å²) in [5, 5.41) is 21.0. The van der Waals surface area contributed by atoms with Crippen molar-refractivity contribution in [1.29, 1.82) is 0 Å². The Morgan fingerprint density at radius 1 is 1.43 bits per heavy atom. The van der Waals surface area contributed by atoms with E-state index in [1.165, 1.54) is 16.0 Å². The van der Waals surface area contributed by atoms with Gasteiger partial charge in [0.2, 0.25) is 0 Å². The predicted octanol–water partition coefficient (Wildman–Crippen LogP) is 3.60. The van der Waals surface area contributed by atoms with Crippen LogP contribution in [0, 0.1) is 5.41 Å². The summed E-state index contributed by atoms with van der Waals surface area (Å²) in [4.78, 5) is 11.6. The van der Waals surface area contributed by atoms with Crippen LogP contribution < -0.4 is 0 Å². The minimum absolute atomic E-state index is 0.182. The van der Waals surface area contributed by atoms with Gasteiger partial charge in [-0.1, -0.05) is 37.0 Å². The van der Waals surface area contributed by atoms with Gasteiger partial charge in [-0.15, -0.1) is 16.4 Å². The van der Waals surface area contributed by atoms with Gasteiger partial charge in [0.1, 0.15) is 4.34 Å². The molecule has 0 atom stereocenters. The van der Waals surface area contributed by atoms with Crippen molar-refractivity contribution in [3.05, 3.63) is 14.7 Å². The van der Waals surface area contributed by atoms with Crippen LogP contribution >= 0.6 is 34.5 Å². The first-order valence-corrected chi connectivity index (χ1v) is 7.95. The minimum Gasteiger partial charge on any atom is -0.481 e. The maximum Gasteiger partial charge on any atom is 0.311 e. The van der Waals surface area contributed by atoms with Crippen LogP contribution in [0.4, 0.5) is 0 Å². The summed E-state index contributed by atoms with van der Waals surface area (Å²) in [6.45, 7) is 3.87. The third-order valence-corrected chi connectivity index (χ3v) is 5.18. The highest BCUT2D eigenvalue weighted by Gasteiger charge is 2.36. The number of nitrogens with zero attached hydrogens (tertiary/aromatic N) is 4. The van der Waals surface area contributed by atoms with Crippen LogP contribution in [-0.2, 0) is 11.3 Å². The molecule has 0 spiro atoms. The van der Waals surface area contributed by atoms with Crippen LogP contribution in [0.15, 0.2) is 6.07 Å². The molecule has 6 nitrogen and oxygen atoms in total. The number of tetrazole rings is 1. The van der Waals surface area contributed by atoms with Crippen molar-refractivity contribution in [2.24, 2.45) is 5.41 Å². The molecule has 0 saturated heterocycles. The maximum absolute atomic E-state index is 11.6. The van der Waals surface area contributed by atoms with Gasteiger partial charge in [-0.25, -0.2) is 4.68 Å². The number of hydrogen-bond donors (Lipinski definition) is 1.